The average Bonchev–Trinajstić information content (AvgIpc) is 3.30. The Kier molecular flexibility index (Phi) is 5.17. The molecule has 31 heavy (non-hydrogen) atoms. The van der Waals surface area contributed by atoms with E-state index in [-0.39, 0.29) is 17.6 Å². The number of aromatic nitrogens is 1. The van der Waals surface area contributed by atoms with Crippen LogP contribution in [-0.4, -0.2) is 54.2 Å². The van der Waals surface area contributed by atoms with Crippen LogP contribution in [-0.2, 0) is 27.3 Å². The summed E-state index contributed by atoms with van der Waals surface area (Å²) in [5.74, 6) is -0.296. The first-order chi connectivity index (χ1) is 15.2. The van der Waals surface area contributed by atoms with E-state index in [0.717, 1.165) is 43.0 Å². The Bertz CT molecular complexity index is 1030. The first-order valence-corrected chi connectivity index (χ1v) is 10.4. The van der Waals surface area contributed by atoms with E-state index >= 15 is 0 Å². The van der Waals surface area contributed by atoms with Gasteiger partial charge in [-0.05, 0) is 17.2 Å². The fraction of sp³-hybridized carbons (Fsp3) is 0.318. The van der Waals surface area contributed by atoms with Crippen LogP contribution < -0.4 is 20.9 Å². The first kappa shape index (κ1) is 19.4. The smallest absolute Gasteiger partial charge is 0.292 e. The highest BCUT2D eigenvalue weighted by Gasteiger charge is 2.34. The maximum atomic E-state index is 12.9. The molecule has 0 bridgehead atoms. The van der Waals surface area contributed by atoms with Crippen LogP contribution in [0.25, 0.3) is 0 Å². The predicted molar refractivity (Wildman–Crippen MR) is 115 cm³/mol. The van der Waals surface area contributed by atoms with Crippen molar-refractivity contribution in [2.24, 2.45) is 0 Å². The first-order valence-electron chi connectivity index (χ1n) is 10.4. The molecule has 3 aliphatic heterocycles. The summed E-state index contributed by atoms with van der Waals surface area (Å²) in [5, 5.41) is 9.23. The molecule has 2 aromatic rings. The van der Waals surface area contributed by atoms with Crippen LogP contribution in [0.2, 0.25) is 0 Å². The van der Waals surface area contributed by atoms with E-state index in [0.29, 0.717) is 18.7 Å². The van der Waals surface area contributed by atoms with Gasteiger partial charge in [0.25, 0.3) is 12.3 Å². The van der Waals surface area contributed by atoms with Gasteiger partial charge < -0.3 is 25.6 Å². The van der Waals surface area contributed by atoms with Gasteiger partial charge in [-0.15, -0.1) is 0 Å². The number of nitrogens with zero attached hydrogens (tertiary/aromatic N) is 3. The maximum Gasteiger partial charge on any atom is 0.292 e. The third kappa shape index (κ3) is 3.91. The standard InChI is InChI=1S/C22H24N6O3/c29-20-11-15-3-1-2-4-16(15)14-28(20)22-25-13-19(31-22)21(30)26-17-12-24-6-5-18(17)27-9-7-23-8-10-27/h1-6,12-13,22-23,25H,7-11,14H2,(H,26,30). The number of nitrogens with one attached hydrogen (secondary N) is 3. The van der Waals surface area contributed by atoms with Crippen molar-refractivity contribution in [2.45, 2.75) is 19.3 Å². The number of amides is 2. The Balaban J connectivity index is 1.25. The van der Waals surface area contributed by atoms with Gasteiger partial charge in [0.05, 0.1) is 30.5 Å². The molecule has 9 nitrogen and oxygen atoms in total. The number of carbonyl (C=O) groups excluding carboxylic acids is 2. The second-order valence-corrected chi connectivity index (χ2v) is 7.70. The van der Waals surface area contributed by atoms with Crippen molar-refractivity contribution in [2.75, 3.05) is 36.4 Å². The number of benzene rings is 1. The molecule has 3 N–H and O–H groups in total. The van der Waals surface area contributed by atoms with Crippen molar-refractivity contribution in [1.82, 2.24) is 20.5 Å². The molecule has 3 aliphatic rings. The number of anilines is 2. The fourth-order valence-electron chi connectivity index (χ4n) is 4.09. The zero-order valence-electron chi connectivity index (χ0n) is 17.0. The summed E-state index contributed by atoms with van der Waals surface area (Å²) in [7, 11) is 0. The number of hydrogen-bond acceptors (Lipinski definition) is 7. The molecule has 160 valence electrons. The van der Waals surface area contributed by atoms with Gasteiger partial charge in [-0.1, -0.05) is 24.3 Å². The normalized spacial score (nSPS) is 20.5. The molecule has 1 aromatic heterocycles. The van der Waals surface area contributed by atoms with Gasteiger partial charge in [0.1, 0.15) is 0 Å². The average molecular weight is 420 g/mol. The van der Waals surface area contributed by atoms with Crippen molar-refractivity contribution >= 4 is 23.2 Å². The second kappa shape index (κ2) is 8.27. The van der Waals surface area contributed by atoms with Gasteiger partial charge in [0.2, 0.25) is 11.7 Å². The van der Waals surface area contributed by atoms with Crippen molar-refractivity contribution < 1.29 is 14.3 Å². The van der Waals surface area contributed by atoms with Gasteiger partial charge in [-0.25, -0.2) is 0 Å². The topological polar surface area (TPSA) is 98.8 Å². The Labute approximate surface area is 180 Å². The molecule has 0 radical (unpaired) electrons. The molecule has 1 unspecified atom stereocenters. The van der Waals surface area contributed by atoms with Crippen LogP contribution in [0.3, 0.4) is 0 Å². The largest absolute Gasteiger partial charge is 0.445 e. The number of hydrogen-bond donors (Lipinski definition) is 3. The fourth-order valence-corrected chi connectivity index (χ4v) is 4.09. The highest BCUT2D eigenvalue weighted by atomic mass is 16.5. The van der Waals surface area contributed by atoms with E-state index in [2.05, 4.69) is 25.8 Å². The van der Waals surface area contributed by atoms with Gasteiger partial charge >= 0.3 is 0 Å². The van der Waals surface area contributed by atoms with Crippen molar-refractivity contribution in [3.8, 4) is 0 Å². The zero-order valence-corrected chi connectivity index (χ0v) is 17.0. The van der Waals surface area contributed by atoms with Crippen LogP contribution in [0.5, 0.6) is 0 Å². The summed E-state index contributed by atoms with van der Waals surface area (Å²) in [6.45, 7) is 3.93. The zero-order chi connectivity index (χ0) is 21.2. The lowest BCUT2D eigenvalue weighted by molar-refractivity contribution is -0.146. The lowest BCUT2D eigenvalue weighted by Crippen LogP contribution is -2.48. The molecule has 0 aliphatic carbocycles. The predicted octanol–water partition coefficient (Wildman–Crippen LogP) is 0.759. The van der Waals surface area contributed by atoms with Crippen LogP contribution in [0.15, 0.2) is 54.7 Å². The summed E-state index contributed by atoms with van der Waals surface area (Å²) >= 11 is 0. The number of pyridine rings is 1. The molecular weight excluding hydrogens is 396 g/mol. The van der Waals surface area contributed by atoms with E-state index in [1.807, 2.05) is 30.3 Å². The Morgan fingerprint density at radius 1 is 1.16 bits per heavy atom. The van der Waals surface area contributed by atoms with Gasteiger partial charge in [0, 0.05) is 38.6 Å². The molecule has 1 saturated heterocycles. The quantitative estimate of drug-likeness (QED) is 0.672. The van der Waals surface area contributed by atoms with Gasteiger partial charge in [-0.2, -0.15) is 0 Å². The highest BCUT2D eigenvalue weighted by Crippen LogP contribution is 2.27. The summed E-state index contributed by atoms with van der Waals surface area (Å²) in [5.41, 5.74) is 3.67. The number of fused-ring (bicyclic) bond motifs is 1. The van der Waals surface area contributed by atoms with Crippen LogP contribution in [0, 0.1) is 0 Å². The monoisotopic (exact) mass is 420 g/mol. The molecule has 0 saturated carbocycles. The minimum atomic E-state index is -0.705. The molecule has 1 atom stereocenters. The van der Waals surface area contributed by atoms with Crippen LogP contribution in [0.1, 0.15) is 11.1 Å². The lowest BCUT2D eigenvalue weighted by Gasteiger charge is -2.33. The molecule has 1 aromatic carbocycles. The molecule has 5 rings (SSSR count). The third-order valence-corrected chi connectivity index (χ3v) is 5.73. The number of piperazine rings is 1. The second-order valence-electron chi connectivity index (χ2n) is 7.70. The van der Waals surface area contributed by atoms with Crippen molar-refractivity contribution in [1.29, 1.82) is 0 Å². The van der Waals surface area contributed by atoms with E-state index < -0.39 is 6.35 Å². The molecule has 2 amide bonds. The van der Waals surface area contributed by atoms with Crippen molar-refractivity contribution in [3.63, 3.8) is 0 Å². The number of carbonyl (C=O) groups is 2. The Morgan fingerprint density at radius 3 is 2.81 bits per heavy atom. The highest BCUT2D eigenvalue weighted by molar-refractivity contribution is 6.04. The Morgan fingerprint density at radius 2 is 1.97 bits per heavy atom. The Hall–Kier alpha value is -3.59. The SMILES string of the molecule is O=C(Nc1cnccc1N1CCNCC1)C1=CNC(N2Cc3ccccc3CC2=O)O1. The summed E-state index contributed by atoms with van der Waals surface area (Å²) in [4.78, 5) is 33.4. The minimum absolute atomic E-state index is 0.0421. The van der Waals surface area contributed by atoms with E-state index in [4.69, 9.17) is 4.74 Å². The summed E-state index contributed by atoms with van der Waals surface area (Å²) < 4.78 is 5.80. The lowest BCUT2D eigenvalue weighted by atomic mass is 10.00. The van der Waals surface area contributed by atoms with Gasteiger partial charge in [-0.3, -0.25) is 19.5 Å². The third-order valence-electron chi connectivity index (χ3n) is 5.73. The van der Waals surface area contributed by atoms with Crippen LogP contribution >= 0.6 is 0 Å². The van der Waals surface area contributed by atoms with E-state index in [9.17, 15) is 9.59 Å². The molecule has 0 spiro atoms. The molecular formula is C22H24N6O3. The van der Waals surface area contributed by atoms with Gasteiger partial charge in [0.15, 0.2) is 0 Å². The molecule has 4 heterocycles. The minimum Gasteiger partial charge on any atom is -0.445 e. The van der Waals surface area contributed by atoms with Crippen LogP contribution in [0.4, 0.5) is 11.4 Å². The maximum absolute atomic E-state index is 12.9. The number of ether oxygens (including phenoxy) is 1. The molecule has 9 heteroatoms. The van der Waals surface area contributed by atoms with E-state index in [1.54, 1.807) is 17.3 Å². The number of rotatable bonds is 4. The van der Waals surface area contributed by atoms with E-state index in [1.165, 1.54) is 6.20 Å². The summed E-state index contributed by atoms with van der Waals surface area (Å²) in [6, 6.07) is 9.76. The molecule has 1 fully saturated rings. The van der Waals surface area contributed by atoms with Crippen molar-refractivity contribution in [3.05, 3.63) is 65.8 Å². The summed E-state index contributed by atoms with van der Waals surface area (Å²) in [6.07, 6.45) is 4.48.